The average Bonchev–Trinajstić information content (AvgIpc) is 2.70. The van der Waals surface area contributed by atoms with Crippen LogP contribution in [0.15, 0.2) is 18.2 Å². The van der Waals surface area contributed by atoms with Crippen LogP contribution in [0.1, 0.15) is 43.2 Å². The van der Waals surface area contributed by atoms with Crippen LogP contribution in [-0.2, 0) is 9.59 Å². The van der Waals surface area contributed by atoms with Crippen molar-refractivity contribution in [2.45, 2.75) is 46.0 Å². The van der Waals surface area contributed by atoms with E-state index in [0.717, 1.165) is 54.8 Å². The van der Waals surface area contributed by atoms with Gasteiger partial charge in [0.05, 0.1) is 6.54 Å². The standard InChI is InChI=1S/C25H35N3O2/c1-16-4-3-5-17(2)24(16)26-22(29)15-27-6-8-28(9-7-27)25(30)23-20-11-18-10-19(13-20)14-21(23)12-18/h3-5,18-21,23H,6-15H2,1-2H3,(H,26,29). The predicted molar refractivity (Wildman–Crippen MR) is 118 cm³/mol. The summed E-state index contributed by atoms with van der Waals surface area (Å²) in [6.07, 6.45) is 6.60. The van der Waals surface area contributed by atoms with E-state index in [1.165, 1.54) is 32.1 Å². The molecule has 6 rings (SSSR count). The summed E-state index contributed by atoms with van der Waals surface area (Å²) in [6.45, 7) is 7.55. The fourth-order valence-corrected chi connectivity index (χ4v) is 7.06. The number of para-hydroxylation sites is 1. The monoisotopic (exact) mass is 409 g/mol. The van der Waals surface area contributed by atoms with Gasteiger partial charge in [0.25, 0.3) is 0 Å². The highest BCUT2D eigenvalue weighted by molar-refractivity contribution is 5.93. The number of piperazine rings is 1. The first-order chi connectivity index (χ1) is 14.5. The van der Waals surface area contributed by atoms with Gasteiger partial charge in [0, 0.05) is 37.8 Å². The molecule has 0 unspecified atom stereocenters. The molecule has 0 aromatic heterocycles. The van der Waals surface area contributed by atoms with Crippen LogP contribution in [0, 0.1) is 43.4 Å². The molecule has 5 fully saturated rings. The Hall–Kier alpha value is -1.88. The molecule has 4 aliphatic carbocycles. The molecule has 1 heterocycles. The van der Waals surface area contributed by atoms with Crippen molar-refractivity contribution >= 4 is 17.5 Å². The number of aryl methyl sites for hydroxylation is 2. The van der Waals surface area contributed by atoms with Gasteiger partial charge in [0.15, 0.2) is 0 Å². The van der Waals surface area contributed by atoms with E-state index in [1.807, 2.05) is 32.0 Å². The number of hydrogen-bond donors (Lipinski definition) is 1. The summed E-state index contributed by atoms with van der Waals surface area (Å²) < 4.78 is 0. The lowest BCUT2D eigenvalue weighted by atomic mass is 9.51. The molecule has 1 aromatic carbocycles. The zero-order valence-corrected chi connectivity index (χ0v) is 18.4. The smallest absolute Gasteiger partial charge is 0.238 e. The van der Waals surface area contributed by atoms with Gasteiger partial charge in [-0.2, -0.15) is 0 Å². The van der Waals surface area contributed by atoms with Crippen molar-refractivity contribution in [2.75, 3.05) is 38.0 Å². The van der Waals surface area contributed by atoms with Crippen molar-refractivity contribution in [2.24, 2.45) is 29.6 Å². The lowest BCUT2D eigenvalue weighted by molar-refractivity contribution is -0.150. The molecular formula is C25H35N3O2. The quantitative estimate of drug-likeness (QED) is 0.829. The number of anilines is 1. The summed E-state index contributed by atoms with van der Waals surface area (Å²) in [5.41, 5.74) is 3.11. The van der Waals surface area contributed by atoms with Gasteiger partial charge in [-0.05, 0) is 80.8 Å². The molecule has 4 bridgehead atoms. The minimum absolute atomic E-state index is 0.0354. The molecule has 5 heteroatoms. The Bertz CT molecular complexity index is 779. The normalized spacial score (nSPS) is 33.0. The van der Waals surface area contributed by atoms with E-state index in [9.17, 15) is 9.59 Å². The lowest BCUT2D eigenvalue weighted by Crippen LogP contribution is -2.56. The third-order valence-electron chi connectivity index (χ3n) is 8.31. The Labute approximate surface area is 180 Å². The van der Waals surface area contributed by atoms with Crippen LogP contribution in [0.4, 0.5) is 5.69 Å². The molecule has 0 spiro atoms. The number of carbonyl (C=O) groups is 2. The van der Waals surface area contributed by atoms with Crippen molar-refractivity contribution in [1.82, 2.24) is 9.80 Å². The minimum Gasteiger partial charge on any atom is -0.340 e. The fraction of sp³-hybridized carbons (Fsp3) is 0.680. The molecule has 5 aliphatic rings. The lowest BCUT2D eigenvalue weighted by Gasteiger charge is -2.54. The zero-order chi connectivity index (χ0) is 20.8. The highest BCUT2D eigenvalue weighted by Crippen LogP contribution is 2.56. The molecular weight excluding hydrogens is 374 g/mol. The number of nitrogens with zero attached hydrogens (tertiary/aromatic N) is 2. The first-order valence-corrected chi connectivity index (χ1v) is 11.8. The second kappa shape index (κ2) is 7.99. The number of nitrogens with one attached hydrogen (secondary N) is 1. The van der Waals surface area contributed by atoms with Gasteiger partial charge in [0.1, 0.15) is 0 Å². The second-order valence-electron chi connectivity index (χ2n) is 10.4. The highest BCUT2D eigenvalue weighted by atomic mass is 16.2. The third kappa shape index (κ3) is 3.77. The molecule has 1 saturated heterocycles. The van der Waals surface area contributed by atoms with Crippen LogP contribution >= 0.6 is 0 Å². The van der Waals surface area contributed by atoms with Crippen LogP contribution in [0.2, 0.25) is 0 Å². The van der Waals surface area contributed by atoms with E-state index in [-0.39, 0.29) is 11.8 Å². The molecule has 0 radical (unpaired) electrons. The van der Waals surface area contributed by atoms with Gasteiger partial charge >= 0.3 is 0 Å². The van der Waals surface area contributed by atoms with Crippen LogP contribution in [0.5, 0.6) is 0 Å². The Morgan fingerprint density at radius 1 is 0.900 bits per heavy atom. The van der Waals surface area contributed by atoms with E-state index in [1.54, 1.807) is 0 Å². The number of rotatable bonds is 4. The zero-order valence-electron chi connectivity index (χ0n) is 18.4. The maximum absolute atomic E-state index is 13.4. The molecule has 162 valence electrons. The second-order valence-corrected chi connectivity index (χ2v) is 10.4. The number of amides is 2. The van der Waals surface area contributed by atoms with Crippen molar-refractivity contribution in [3.63, 3.8) is 0 Å². The van der Waals surface area contributed by atoms with E-state index in [0.29, 0.717) is 24.3 Å². The summed E-state index contributed by atoms with van der Waals surface area (Å²) in [6, 6.07) is 6.06. The molecule has 0 atom stereocenters. The highest BCUT2D eigenvalue weighted by Gasteiger charge is 2.51. The van der Waals surface area contributed by atoms with Crippen molar-refractivity contribution in [3.8, 4) is 0 Å². The predicted octanol–water partition coefficient (Wildman–Crippen LogP) is 3.46. The van der Waals surface area contributed by atoms with E-state index in [2.05, 4.69) is 15.1 Å². The first kappa shape index (κ1) is 20.0. The summed E-state index contributed by atoms with van der Waals surface area (Å²) in [7, 11) is 0. The van der Waals surface area contributed by atoms with Crippen LogP contribution in [0.25, 0.3) is 0 Å². The Kier molecular flexibility index (Phi) is 5.34. The van der Waals surface area contributed by atoms with Crippen molar-refractivity contribution in [3.05, 3.63) is 29.3 Å². The number of carbonyl (C=O) groups excluding carboxylic acids is 2. The van der Waals surface area contributed by atoms with Gasteiger partial charge < -0.3 is 10.2 Å². The van der Waals surface area contributed by atoms with Gasteiger partial charge in [-0.3, -0.25) is 14.5 Å². The van der Waals surface area contributed by atoms with Crippen LogP contribution in [-0.4, -0.2) is 54.3 Å². The molecule has 2 amide bonds. The molecule has 30 heavy (non-hydrogen) atoms. The summed E-state index contributed by atoms with van der Waals surface area (Å²) in [5, 5.41) is 3.09. The van der Waals surface area contributed by atoms with Gasteiger partial charge in [-0.15, -0.1) is 0 Å². The Balaban J connectivity index is 1.13. The number of hydrogen-bond acceptors (Lipinski definition) is 3. The molecule has 1 N–H and O–H groups in total. The maximum atomic E-state index is 13.4. The summed E-state index contributed by atoms with van der Waals surface area (Å²) in [5.74, 6) is 3.85. The first-order valence-electron chi connectivity index (χ1n) is 11.8. The Morgan fingerprint density at radius 3 is 2.03 bits per heavy atom. The molecule has 4 saturated carbocycles. The fourth-order valence-electron chi connectivity index (χ4n) is 7.06. The largest absolute Gasteiger partial charge is 0.340 e. The van der Waals surface area contributed by atoms with E-state index in [4.69, 9.17) is 0 Å². The topological polar surface area (TPSA) is 52.7 Å². The summed E-state index contributed by atoms with van der Waals surface area (Å²) in [4.78, 5) is 30.2. The van der Waals surface area contributed by atoms with Crippen molar-refractivity contribution in [1.29, 1.82) is 0 Å². The van der Waals surface area contributed by atoms with Crippen LogP contribution in [0.3, 0.4) is 0 Å². The third-order valence-corrected chi connectivity index (χ3v) is 8.31. The van der Waals surface area contributed by atoms with Crippen molar-refractivity contribution < 1.29 is 9.59 Å². The van der Waals surface area contributed by atoms with E-state index < -0.39 is 0 Å². The molecule has 1 aromatic rings. The maximum Gasteiger partial charge on any atom is 0.238 e. The SMILES string of the molecule is Cc1cccc(C)c1NC(=O)CN1CCN(C(=O)C2C3CC4CC(C3)CC2C4)CC1. The van der Waals surface area contributed by atoms with Gasteiger partial charge in [-0.25, -0.2) is 0 Å². The molecule has 1 aliphatic heterocycles. The summed E-state index contributed by atoms with van der Waals surface area (Å²) >= 11 is 0. The van der Waals surface area contributed by atoms with E-state index >= 15 is 0 Å². The Morgan fingerprint density at radius 2 is 1.47 bits per heavy atom. The van der Waals surface area contributed by atoms with Gasteiger partial charge in [-0.1, -0.05) is 18.2 Å². The number of benzene rings is 1. The average molecular weight is 410 g/mol. The molecule has 5 nitrogen and oxygen atoms in total. The van der Waals surface area contributed by atoms with Gasteiger partial charge in [0.2, 0.25) is 11.8 Å². The minimum atomic E-state index is 0.0354. The van der Waals surface area contributed by atoms with Crippen LogP contribution < -0.4 is 5.32 Å².